The Hall–Kier alpha value is -2.29. The van der Waals surface area contributed by atoms with Gasteiger partial charge in [-0.1, -0.05) is 73.5 Å². The molecule has 0 spiro atoms. The van der Waals surface area contributed by atoms with Crippen molar-refractivity contribution in [3.63, 3.8) is 0 Å². The van der Waals surface area contributed by atoms with Gasteiger partial charge in [-0.25, -0.2) is 4.99 Å². The molecule has 0 bridgehead atoms. The van der Waals surface area contributed by atoms with Gasteiger partial charge in [0.15, 0.2) is 5.96 Å². The highest BCUT2D eigenvalue weighted by Gasteiger charge is 2.30. The van der Waals surface area contributed by atoms with Crippen molar-refractivity contribution in [1.29, 1.82) is 0 Å². The van der Waals surface area contributed by atoms with Crippen LogP contribution in [0.4, 0.5) is 0 Å². The minimum absolute atomic E-state index is 0.416. The normalized spacial score (nSPS) is 22.2. The van der Waals surface area contributed by atoms with E-state index < -0.39 is 0 Å². The van der Waals surface area contributed by atoms with Crippen LogP contribution >= 0.6 is 0 Å². The van der Waals surface area contributed by atoms with E-state index in [-0.39, 0.29) is 0 Å². The number of aliphatic imine (C=N–C) groups is 1. The van der Waals surface area contributed by atoms with Crippen LogP contribution in [0.1, 0.15) is 49.1 Å². The fourth-order valence-electron chi connectivity index (χ4n) is 4.14. The summed E-state index contributed by atoms with van der Waals surface area (Å²) in [5, 5.41) is 7.13. The molecule has 3 heteroatoms. The molecule has 0 amide bonds. The summed E-state index contributed by atoms with van der Waals surface area (Å²) in [5.74, 6) is 1.43. The Morgan fingerprint density at radius 2 is 1.56 bits per heavy atom. The van der Waals surface area contributed by atoms with Gasteiger partial charge in [-0.05, 0) is 30.4 Å². The lowest BCUT2D eigenvalue weighted by atomic mass is 9.88. The van der Waals surface area contributed by atoms with Crippen LogP contribution in [0.5, 0.6) is 0 Å². The van der Waals surface area contributed by atoms with Crippen molar-refractivity contribution in [2.24, 2.45) is 4.99 Å². The number of nitrogens with one attached hydrogen (secondary N) is 2. The maximum Gasteiger partial charge on any atom is 0.191 e. The van der Waals surface area contributed by atoms with Gasteiger partial charge in [-0.3, -0.25) is 0 Å². The molecule has 1 aliphatic heterocycles. The number of benzene rings is 2. The molecule has 3 nitrogen and oxygen atoms in total. The van der Waals surface area contributed by atoms with Crippen LogP contribution < -0.4 is 10.6 Å². The van der Waals surface area contributed by atoms with E-state index in [9.17, 15) is 0 Å². The Bertz CT molecular complexity index is 656. The second-order valence-electron chi connectivity index (χ2n) is 7.17. The molecule has 2 aromatic rings. The van der Waals surface area contributed by atoms with Crippen molar-refractivity contribution >= 4 is 5.96 Å². The van der Waals surface area contributed by atoms with Crippen molar-refractivity contribution in [3.05, 3.63) is 71.8 Å². The number of rotatable bonds is 5. The largest absolute Gasteiger partial charge is 0.356 e. The summed E-state index contributed by atoms with van der Waals surface area (Å²) in [5.41, 5.74) is 2.76. The molecule has 130 valence electrons. The second kappa shape index (κ2) is 7.73. The maximum absolute atomic E-state index is 4.85. The molecule has 1 saturated carbocycles. The van der Waals surface area contributed by atoms with Crippen LogP contribution in [0.3, 0.4) is 0 Å². The highest BCUT2D eigenvalue weighted by atomic mass is 15.3. The minimum atomic E-state index is 0.416. The van der Waals surface area contributed by atoms with Gasteiger partial charge in [0.1, 0.15) is 0 Å². The summed E-state index contributed by atoms with van der Waals surface area (Å²) >= 11 is 0. The van der Waals surface area contributed by atoms with Crippen molar-refractivity contribution < 1.29 is 0 Å². The molecular weight excluding hydrogens is 306 g/mol. The Balaban J connectivity index is 1.40. The lowest BCUT2D eigenvalue weighted by Gasteiger charge is -2.23. The summed E-state index contributed by atoms with van der Waals surface area (Å²) in [6.07, 6.45) is 6.21. The molecule has 1 aliphatic carbocycles. The van der Waals surface area contributed by atoms with Gasteiger partial charge in [-0.15, -0.1) is 0 Å². The van der Waals surface area contributed by atoms with Crippen LogP contribution in [-0.4, -0.2) is 24.6 Å². The van der Waals surface area contributed by atoms with Crippen LogP contribution in [0.2, 0.25) is 0 Å². The first-order chi connectivity index (χ1) is 12.4. The third kappa shape index (κ3) is 3.87. The van der Waals surface area contributed by atoms with E-state index in [1.165, 1.54) is 36.8 Å². The summed E-state index contributed by atoms with van der Waals surface area (Å²) in [6.45, 7) is 0.930. The Kier molecular flexibility index (Phi) is 5.01. The fourth-order valence-corrected chi connectivity index (χ4v) is 4.14. The molecule has 1 heterocycles. The molecule has 0 saturated heterocycles. The van der Waals surface area contributed by atoms with E-state index in [0.717, 1.165) is 18.9 Å². The highest BCUT2D eigenvalue weighted by molar-refractivity contribution is 5.82. The lowest BCUT2D eigenvalue weighted by molar-refractivity contribution is 0.384. The van der Waals surface area contributed by atoms with Gasteiger partial charge in [0.25, 0.3) is 0 Å². The molecule has 2 aliphatic rings. The van der Waals surface area contributed by atoms with Crippen LogP contribution in [0.25, 0.3) is 0 Å². The number of hydrogen-bond acceptors (Lipinski definition) is 3. The topological polar surface area (TPSA) is 36.4 Å². The third-order valence-electron chi connectivity index (χ3n) is 5.48. The Morgan fingerprint density at radius 3 is 2.20 bits per heavy atom. The van der Waals surface area contributed by atoms with Crippen molar-refractivity contribution in [1.82, 2.24) is 10.6 Å². The van der Waals surface area contributed by atoms with E-state index in [1.54, 1.807) is 0 Å². The Morgan fingerprint density at radius 1 is 0.920 bits per heavy atom. The van der Waals surface area contributed by atoms with Crippen LogP contribution in [0, 0.1) is 0 Å². The smallest absolute Gasteiger partial charge is 0.191 e. The van der Waals surface area contributed by atoms with Crippen LogP contribution in [-0.2, 0) is 0 Å². The van der Waals surface area contributed by atoms with Gasteiger partial charge >= 0.3 is 0 Å². The van der Waals surface area contributed by atoms with Crippen molar-refractivity contribution in [3.8, 4) is 0 Å². The number of hydrogen-bond donors (Lipinski definition) is 2. The first-order valence-electron chi connectivity index (χ1n) is 9.58. The predicted octanol–water partition coefficient (Wildman–Crippen LogP) is 4.07. The van der Waals surface area contributed by atoms with Gasteiger partial charge in [0.05, 0.1) is 12.1 Å². The molecule has 25 heavy (non-hydrogen) atoms. The molecule has 2 N–H and O–H groups in total. The molecule has 1 fully saturated rings. The zero-order valence-electron chi connectivity index (χ0n) is 14.7. The number of guanidine groups is 1. The third-order valence-corrected chi connectivity index (χ3v) is 5.48. The van der Waals surface area contributed by atoms with E-state index in [2.05, 4.69) is 71.3 Å². The fraction of sp³-hybridized carbons (Fsp3) is 0.409. The monoisotopic (exact) mass is 333 g/mol. The van der Waals surface area contributed by atoms with Gasteiger partial charge < -0.3 is 10.6 Å². The number of nitrogens with zero attached hydrogens (tertiary/aromatic N) is 1. The van der Waals surface area contributed by atoms with Gasteiger partial charge in [-0.2, -0.15) is 0 Å². The first-order valence-corrected chi connectivity index (χ1v) is 9.58. The van der Waals surface area contributed by atoms with Gasteiger partial charge in [0.2, 0.25) is 0 Å². The van der Waals surface area contributed by atoms with E-state index >= 15 is 0 Å². The zero-order valence-corrected chi connectivity index (χ0v) is 14.7. The van der Waals surface area contributed by atoms with E-state index in [1.807, 2.05) is 0 Å². The van der Waals surface area contributed by atoms with Crippen LogP contribution in [0.15, 0.2) is 65.7 Å². The molecule has 0 unspecified atom stereocenters. The van der Waals surface area contributed by atoms with E-state index in [4.69, 9.17) is 4.99 Å². The summed E-state index contributed by atoms with van der Waals surface area (Å²) in [6, 6.07) is 22.7. The molecule has 2 atom stereocenters. The average Bonchev–Trinajstić information content (AvgIpc) is 3.09. The second-order valence-corrected chi connectivity index (χ2v) is 7.17. The summed E-state index contributed by atoms with van der Waals surface area (Å²) < 4.78 is 0. The highest BCUT2D eigenvalue weighted by Crippen LogP contribution is 2.28. The zero-order chi connectivity index (χ0) is 16.9. The first kappa shape index (κ1) is 16.2. The minimum Gasteiger partial charge on any atom is -0.356 e. The van der Waals surface area contributed by atoms with Crippen molar-refractivity contribution in [2.75, 3.05) is 6.54 Å². The predicted molar refractivity (Wildman–Crippen MR) is 104 cm³/mol. The summed E-state index contributed by atoms with van der Waals surface area (Å²) in [7, 11) is 0. The average molecular weight is 333 g/mol. The van der Waals surface area contributed by atoms with E-state index in [0.29, 0.717) is 18.0 Å². The molecule has 2 aromatic carbocycles. The summed E-state index contributed by atoms with van der Waals surface area (Å²) in [4.78, 5) is 4.85. The molecule has 0 radical (unpaired) electrons. The molecular formula is C22H27N3. The SMILES string of the molecule is c1ccc(C(CCNC2=N[C@@H]3CCCC[C@H]3N2)c2ccccc2)cc1. The van der Waals surface area contributed by atoms with Gasteiger partial charge in [0, 0.05) is 12.5 Å². The quantitative estimate of drug-likeness (QED) is 0.865. The number of fused-ring (bicyclic) bond motifs is 1. The Labute approximate surface area is 150 Å². The van der Waals surface area contributed by atoms with Crippen molar-refractivity contribution in [2.45, 2.75) is 50.1 Å². The standard InChI is InChI=1S/C22H27N3/c1-3-9-17(10-4-1)19(18-11-5-2-6-12-18)15-16-23-22-24-20-13-7-8-14-21(20)25-22/h1-6,9-12,19-21H,7-8,13-16H2,(H2,23,24,25)/t20-,21-/m1/s1. The molecule has 0 aromatic heterocycles. The molecule has 4 rings (SSSR count). The maximum atomic E-state index is 4.85. The lowest BCUT2D eigenvalue weighted by Crippen LogP contribution is -2.42.